The monoisotopic (exact) mass is 228 g/mol. The largest absolute Gasteiger partial charge is 0.376 e. The predicted octanol–water partition coefficient (Wildman–Crippen LogP) is -0.401. The molecule has 1 atom stereocenters. The molecule has 0 radical (unpaired) electrons. The van der Waals surface area contributed by atoms with Gasteiger partial charge in [-0.05, 0) is 25.3 Å². The molecule has 92 valence electrons. The molecule has 2 saturated heterocycles. The van der Waals surface area contributed by atoms with Gasteiger partial charge in [-0.1, -0.05) is 0 Å². The summed E-state index contributed by atoms with van der Waals surface area (Å²) in [6.45, 7) is 3.86. The number of hydrogen-bond donors (Lipinski definition) is 1. The van der Waals surface area contributed by atoms with Gasteiger partial charge in [0.25, 0.3) is 5.91 Å². The first kappa shape index (κ1) is 11.8. The summed E-state index contributed by atoms with van der Waals surface area (Å²) in [6, 6.07) is 0. The Morgan fingerprint density at radius 1 is 1.31 bits per heavy atom. The van der Waals surface area contributed by atoms with Gasteiger partial charge in [0.1, 0.15) is 0 Å². The Hall–Kier alpha value is -0.650. The predicted molar refractivity (Wildman–Crippen MR) is 58.9 cm³/mol. The molecule has 5 heteroatoms. The number of nitrogens with zero attached hydrogens (tertiary/aromatic N) is 1. The molecule has 2 heterocycles. The average Bonchev–Trinajstić information content (AvgIpc) is 2.39. The maximum atomic E-state index is 12.0. The van der Waals surface area contributed by atoms with E-state index in [9.17, 15) is 4.79 Å². The minimum atomic E-state index is -0.386. The summed E-state index contributed by atoms with van der Waals surface area (Å²) in [6.07, 6.45) is 1.63. The highest BCUT2D eigenvalue weighted by molar-refractivity contribution is 5.81. The topological polar surface area (TPSA) is 64.8 Å². The molecule has 2 N–H and O–H groups in total. The van der Waals surface area contributed by atoms with Gasteiger partial charge in [-0.25, -0.2) is 0 Å². The van der Waals surface area contributed by atoms with E-state index in [4.69, 9.17) is 15.2 Å². The van der Waals surface area contributed by atoms with Crippen LogP contribution in [0.15, 0.2) is 0 Å². The highest BCUT2D eigenvalue weighted by atomic mass is 16.6. The van der Waals surface area contributed by atoms with Crippen LogP contribution in [0.4, 0.5) is 0 Å². The van der Waals surface area contributed by atoms with E-state index in [1.165, 1.54) is 0 Å². The summed E-state index contributed by atoms with van der Waals surface area (Å²) in [4.78, 5) is 13.9. The van der Waals surface area contributed by atoms with Gasteiger partial charge in [0.15, 0.2) is 6.10 Å². The molecular weight excluding hydrogens is 208 g/mol. The van der Waals surface area contributed by atoms with Crippen LogP contribution in [0.2, 0.25) is 0 Å². The molecule has 0 aromatic carbocycles. The molecule has 0 spiro atoms. The lowest BCUT2D eigenvalue weighted by Crippen LogP contribution is -2.48. The van der Waals surface area contributed by atoms with Gasteiger partial charge in [0.05, 0.1) is 19.8 Å². The van der Waals surface area contributed by atoms with E-state index in [0.717, 1.165) is 32.5 Å². The van der Waals surface area contributed by atoms with Crippen LogP contribution in [0.3, 0.4) is 0 Å². The van der Waals surface area contributed by atoms with Gasteiger partial charge in [-0.15, -0.1) is 0 Å². The van der Waals surface area contributed by atoms with Crippen molar-refractivity contribution in [3.05, 3.63) is 0 Å². The average molecular weight is 228 g/mol. The third-order valence-electron chi connectivity index (χ3n) is 3.35. The summed E-state index contributed by atoms with van der Waals surface area (Å²) in [5.41, 5.74) is 5.62. The molecule has 0 saturated carbocycles. The Morgan fingerprint density at radius 3 is 2.62 bits per heavy atom. The fourth-order valence-electron chi connectivity index (χ4n) is 2.22. The Kier molecular flexibility index (Phi) is 4.15. The summed E-state index contributed by atoms with van der Waals surface area (Å²) in [5, 5.41) is 0. The van der Waals surface area contributed by atoms with Gasteiger partial charge in [0, 0.05) is 13.1 Å². The number of piperidine rings is 1. The molecule has 2 fully saturated rings. The van der Waals surface area contributed by atoms with E-state index in [1.54, 1.807) is 0 Å². The quantitative estimate of drug-likeness (QED) is 0.698. The Labute approximate surface area is 95.9 Å². The van der Waals surface area contributed by atoms with Crippen molar-refractivity contribution in [2.75, 3.05) is 39.5 Å². The highest BCUT2D eigenvalue weighted by Gasteiger charge is 2.29. The maximum absolute atomic E-state index is 12.0. The number of amides is 1. The normalized spacial score (nSPS) is 28.1. The first-order chi connectivity index (χ1) is 7.81. The van der Waals surface area contributed by atoms with Crippen molar-refractivity contribution in [2.45, 2.75) is 18.9 Å². The van der Waals surface area contributed by atoms with Gasteiger partial charge >= 0.3 is 0 Å². The van der Waals surface area contributed by atoms with Crippen molar-refractivity contribution < 1.29 is 14.3 Å². The van der Waals surface area contributed by atoms with Crippen LogP contribution in [0, 0.1) is 5.92 Å². The second-order valence-corrected chi connectivity index (χ2v) is 4.44. The minimum absolute atomic E-state index is 0.0789. The van der Waals surface area contributed by atoms with Crippen molar-refractivity contribution in [3.63, 3.8) is 0 Å². The standard InChI is InChI=1S/C11H20N2O3/c12-7-9-1-3-13(4-2-9)11(14)10-8-15-5-6-16-10/h9-10H,1-8,12H2. The summed E-state index contributed by atoms with van der Waals surface area (Å²) < 4.78 is 10.6. The van der Waals surface area contributed by atoms with Crippen LogP contribution in [-0.4, -0.2) is 56.4 Å². The second kappa shape index (κ2) is 5.61. The number of rotatable bonds is 2. The van der Waals surface area contributed by atoms with Crippen LogP contribution < -0.4 is 5.73 Å². The lowest BCUT2D eigenvalue weighted by atomic mass is 9.97. The van der Waals surface area contributed by atoms with Crippen LogP contribution in [0.25, 0.3) is 0 Å². The SMILES string of the molecule is NCC1CCN(C(=O)C2COCCO2)CC1. The maximum Gasteiger partial charge on any atom is 0.254 e. The number of ether oxygens (including phenoxy) is 2. The van der Waals surface area contributed by atoms with E-state index >= 15 is 0 Å². The van der Waals surface area contributed by atoms with Crippen molar-refractivity contribution in [1.82, 2.24) is 4.90 Å². The Bertz CT molecular complexity index is 233. The number of hydrogen-bond acceptors (Lipinski definition) is 4. The third-order valence-corrected chi connectivity index (χ3v) is 3.35. The number of carbonyl (C=O) groups is 1. The van der Waals surface area contributed by atoms with Crippen molar-refractivity contribution in [1.29, 1.82) is 0 Å². The number of carbonyl (C=O) groups excluding carboxylic acids is 1. The third kappa shape index (κ3) is 2.72. The first-order valence-corrected chi connectivity index (χ1v) is 5.99. The molecule has 2 rings (SSSR count). The second-order valence-electron chi connectivity index (χ2n) is 4.44. The molecule has 1 amide bonds. The molecule has 5 nitrogen and oxygen atoms in total. The number of likely N-dealkylation sites (tertiary alicyclic amines) is 1. The van der Waals surface area contributed by atoms with Crippen molar-refractivity contribution in [3.8, 4) is 0 Å². The van der Waals surface area contributed by atoms with E-state index in [-0.39, 0.29) is 12.0 Å². The van der Waals surface area contributed by atoms with Crippen molar-refractivity contribution >= 4 is 5.91 Å². The summed E-state index contributed by atoms with van der Waals surface area (Å²) in [5.74, 6) is 0.655. The zero-order valence-electron chi connectivity index (χ0n) is 9.56. The van der Waals surface area contributed by atoms with Crippen molar-refractivity contribution in [2.24, 2.45) is 11.7 Å². The molecule has 0 aromatic heterocycles. The molecule has 2 aliphatic heterocycles. The minimum Gasteiger partial charge on any atom is -0.376 e. The first-order valence-electron chi connectivity index (χ1n) is 5.99. The summed E-state index contributed by atoms with van der Waals surface area (Å²) >= 11 is 0. The zero-order chi connectivity index (χ0) is 11.4. The summed E-state index contributed by atoms with van der Waals surface area (Å²) in [7, 11) is 0. The Balaban J connectivity index is 1.81. The molecular formula is C11H20N2O3. The van der Waals surface area contributed by atoms with E-state index in [1.807, 2.05) is 4.90 Å². The van der Waals surface area contributed by atoms with Gasteiger partial charge in [-0.2, -0.15) is 0 Å². The lowest BCUT2D eigenvalue weighted by molar-refractivity contribution is -0.159. The van der Waals surface area contributed by atoms with E-state index < -0.39 is 0 Å². The van der Waals surface area contributed by atoms with Crippen LogP contribution in [-0.2, 0) is 14.3 Å². The Morgan fingerprint density at radius 2 is 2.06 bits per heavy atom. The van der Waals surface area contributed by atoms with Gasteiger partial charge < -0.3 is 20.1 Å². The molecule has 0 bridgehead atoms. The van der Waals surface area contributed by atoms with Gasteiger partial charge in [0.2, 0.25) is 0 Å². The van der Waals surface area contributed by atoms with Crippen LogP contribution in [0.1, 0.15) is 12.8 Å². The van der Waals surface area contributed by atoms with Crippen LogP contribution >= 0.6 is 0 Å². The number of nitrogens with two attached hydrogens (primary N) is 1. The van der Waals surface area contributed by atoms with E-state index in [0.29, 0.717) is 25.7 Å². The molecule has 2 aliphatic rings. The smallest absolute Gasteiger partial charge is 0.254 e. The molecule has 16 heavy (non-hydrogen) atoms. The highest BCUT2D eigenvalue weighted by Crippen LogP contribution is 2.17. The molecule has 0 aliphatic carbocycles. The fourth-order valence-corrected chi connectivity index (χ4v) is 2.22. The molecule has 1 unspecified atom stereocenters. The van der Waals surface area contributed by atoms with Gasteiger partial charge in [-0.3, -0.25) is 4.79 Å². The lowest BCUT2D eigenvalue weighted by Gasteiger charge is -2.34. The van der Waals surface area contributed by atoms with Crippen LogP contribution in [0.5, 0.6) is 0 Å². The van der Waals surface area contributed by atoms with E-state index in [2.05, 4.69) is 0 Å². The fraction of sp³-hybridized carbons (Fsp3) is 0.909. The molecule has 0 aromatic rings. The zero-order valence-corrected chi connectivity index (χ0v) is 9.56.